The summed E-state index contributed by atoms with van der Waals surface area (Å²) in [7, 11) is 5.04. The molecule has 2 heterocycles. The third-order valence-electron chi connectivity index (χ3n) is 5.61. The predicted molar refractivity (Wildman–Crippen MR) is 122 cm³/mol. The Balaban J connectivity index is 1.67. The summed E-state index contributed by atoms with van der Waals surface area (Å²) in [6, 6.07) is 5.37. The van der Waals surface area contributed by atoms with Crippen LogP contribution in [-0.2, 0) is 11.0 Å². The van der Waals surface area contributed by atoms with E-state index in [-0.39, 0.29) is 46.9 Å². The fourth-order valence-electron chi connectivity index (χ4n) is 3.62. The largest absolute Gasteiger partial charge is 0.493 e. The number of likely N-dealkylation sites (tertiary alicyclic amines) is 1. The van der Waals surface area contributed by atoms with Gasteiger partial charge in [-0.2, -0.15) is 13.2 Å². The lowest BCUT2D eigenvalue weighted by atomic mass is 9.97. The molecule has 0 bridgehead atoms. The van der Waals surface area contributed by atoms with Crippen LogP contribution in [0.1, 0.15) is 12.0 Å². The number of halogens is 3. The number of anilines is 3. The first-order valence-corrected chi connectivity index (χ1v) is 10.5. The monoisotopic (exact) mass is 466 g/mol. The molecule has 0 atom stereocenters. The Morgan fingerprint density at radius 3 is 2.58 bits per heavy atom. The molecule has 1 fully saturated rings. The maximum absolute atomic E-state index is 13.7. The Morgan fingerprint density at radius 1 is 1.27 bits per heavy atom. The first-order valence-electron chi connectivity index (χ1n) is 10.5. The third-order valence-corrected chi connectivity index (χ3v) is 5.61. The summed E-state index contributed by atoms with van der Waals surface area (Å²) in [6.45, 7) is 1.96. The summed E-state index contributed by atoms with van der Waals surface area (Å²) >= 11 is 0. The van der Waals surface area contributed by atoms with Crippen molar-refractivity contribution in [2.75, 3.05) is 64.2 Å². The maximum atomic E-state index is 13.7. The summed E-state index contributed by atoms with van der Waals surface area (Å²) in [5.41, 5.74) is 12.0. The second-order valence-electron chi connectivity index (χ2n) is 8.30. The molecule has 5 N–H and O–H groups in total. The Morgan fingerprint density at radius 2 is 1.97 bits per heavy atom. The van der Waals surface area contributed by atoms with Gasteiger partial charge in [-0.15, -0.1) is 0 Å². The summed E-state index contributed by atoms with van der Waals surface area (Å²) in [4.78, 5) is 19.4. The van der Waals surface area contributed by atoms with E-state index in [0.717, 1.165) is 19.2 Å². The van der Waals surface area contributed by atoms with E-state index in [0.29, 0.717) is 18.7 Å². The van der Waals surface area contributed by atoms with Crippen molar-refractivity contribution >= 4 is 23.1 Å². The number of carbonyl (C=O) groups excluding carboxylic acids is 1. The van der Waals surface area contributed by atoms with Crippen LogP contribution in [0.2, 0.25) is 0 Å². The van der Waals surface area contributed by atoms with Crippen LogP contribution in [0, 0.1) is 5.92 Å². The molecular formula is C22H29F3N6O2. The summed E-state index contributed by atoms with van der Waals surface area (Å²) < 4.78 is 46.7. The average molecular weight is 467 g/mol. The molecular weight excluding hydrogens is 437 g/mol. The highest BCUT2D eigenvalue weighted by atomic mass is 19.4. The van der Waals surface area contributed by atoms with Gasteiger partial charge >= 0.3 is 6.18 Å². The second kappa shape index (κ2) is 9.74. The van der Waals surface area contributed by atoms with Gasteiger partial charge in [0.15, 0.2) is 0 Å². The van der Waals surface area contributed by atoms with Gasteiger partial charge in [-0.05, 0) is 36.6 Å². The van der Waals surface area contributed by atoms with Crippen molar-refractivity contribution in [3.05, 3.63) is 29.8 Å². The van der Waals surface area contributed by atoms with E-state index >= 15 is 0 Å². The average Bonchev–Trinajstić information content (AvgIpc) is 2.72. The number of hydrogen-bond acceptors (Lipinski definition) is 7. The molecule has 0 radical (unpaired) electrons. The first-order chi connectivity index (χ1) is 15.5. The number of pyridine rings is 1. The molecule has 33 heavy (non-hydrogen) atoms. The fraction of sp³-hybridized carbons (Fsp3) is 0.455. The molecule has 11 heteroatoms. The highest BCUT2D eigenvalue weighted by molar-refractivity contribution is 5.81. The van der Waals surface area contributed by atoms with Crippen LogP contribution in [0.25, 0.3) is 11.3 Å². The minimum atomic E-state index is -4.60. The highest BCUT2D eigenvalue weighted by Gasteiger charge is 2.35. The number of nitrogen functional groups attached to an aromatic ring is 2. The van der Waals surface area contributed by atoms with Crippen LogP contribution >= 0.6 is 0 Å². The van der Waals surface area contributed by atoms with Crippen LogP contribution in [0.15, 0.2) is 24.3 Å². The number of hydrogen-bond donors (Lipinski definition) is 3. The quantitative estimate of drug-likeness (QED) is 0.549. The Labute approximate surface area is 190 Å². The van der Waals surface area contributed by atoms with Gasteiger partial charge < -0.3 is 26.4 Å². The molecule has 0 spiro atoms. The molecule has 1 amide bonds. The molecule has 1 saturated heterocycles. The van der Waals surface area contributed by atoms with Crippen molar-refractivity contribution in [1.29, 1.82) is 0 Å². The summed E-state index contributed by atoms with van der Waals surface area (Å²) in [5.74, 6) is 0.115. The topological polar surface area (TPSA) is 110 Å². The zero-order valence-electron chi connectivity index (χ0n) is 18.9. The Kier molecular flexibility index (Phi) is 7.21. The third kappa shape index (κ3) is 5.78. The van der Waals surface area contributed by atoms with Gasteiger partial charge in [0.05, 0.1) is 35.8 Å². The van der Waals surface area contributed by atoms with Gasteiger partial charge in [0.1, 0.15) is 11.6 Å². The number of rotatable bonds is 8. The van der Waals surface area contributed by atoms with Gasteiger partial charge in [0, 0.05) is 39.8 Å². The Bertz CT molecular complexity index is 1010. The van der Waals surface area contributed by atoms with Crippen LogP contribution in [0.5, 0.6) is 5.75 Å². The lowest BCUT2D eigenvalue weighted by Gasteiger charge is -2.39. The molecule has 1 aromatic carbocycles. The van der Waals surface area contributed by atoms with Gasteiger partial charge in [0.25, 0.3) is 0 Å². The van der Waals surface area contributed by atoms with E-state index in [9.17, 15) is 18.0 Å². The normalized spacial score (nSPS) is 14.6. The number of nitrogens with two attached hydrogens (primary N) is 2. The van der Waals surface area contributed by atoms with E-state index < -0.39 is 11.7 Å². The molecule has 1 aromatic heterocycles. The van der Waals surface area contributed by atoms with Crippen LogP contribution < -0.4 is 21.5 Å². The minimum Gasteiger partial charge on any atom is -0.493 e. The standard InChI is InChI=1S/C22H29F3N6O2/c1-28-17-9-16(29-21(27)20(17)26)14-4-5-18(15(8-14)22(23,24)25)33-7-6-13-10-31(11-13)12-19(32)30(2)3/h4-5,8-9,13H,6-7,10-12,26H2,1-3H3,(H3,27,28,29). The van der Waals surface area contributed by atoms with E-state index in [1.807, 2.05) is 4.90 Å². The van der Waals surface area contributed by atoms with Gasteiger partial charge in [-0.1, -0.05) is 0 Å². The fourth-order valence-corrected chi connectivity index (χ4v) is 3.62. The highest BCUT2D eigenvalue weighted by Crippen LogP contribution is 2.39. The Hall–Kier alpha value is -3.21. The van der Waals surface area contributed by atoms with E-state index in [4.69, 9.17) is 16.2 Å². The number of amides is 1. The molecule has 2 aromatic rings. The summed E-state index contributed by atoms with van der Waals surface area (Å²) in [5, 5.41) is 2.85. The van der Waals surface area contributed by atoms with Crippen molar-refractivity contribution in [2.24, 2.45) is 5.92 Å². The SMILES string of the molecule is CNc1cc(-c2ccc(OCCC3CN(CC(=O)N(C)C)C3)c(C(F)(F)F)c2)nc(N)c1N. The number of carbonyl (C=O) groups is 1. The van der Waals surface area contributed by atoms with Crippen LogP contribution in [0.3, 0.4) is 0 Å². The number of likely N-dealkylation sites (N-methyl/N-ethyl adjacent to an activating group) is 1. The van der Waals surface area contributed by atoms with Gasteiger partial charge in [-0.3, -0.25) is 9.69 Å². The van der Waals surface area contributed by atoms with Gasteiger partial charge in [0.2, 0.25) is 5.91 Å². The van der Waals surface area contributed by atoms with Crippen molar-refractivity contribution in [3.8, 4) is 17.0 Å². The number of nitrogens with zero attached hydrogens (tertiary/aromatic N) is 3. The minimum absolute atomic E-state index is 0.0267. The lowest BCUT2D eigenvalue weighted by molar-refractivity contribution is -0.139. The number of aromatic nitrogens is 1. The molecule has 8 nitrogen and oxygen atoms in total. The number of ether oxygens (including phenoxy) is 1. The van der Waals surface area contributed by atoms with E-state index in [2.05, 4.69) is 10.3 Å². The van der Waals surface area contributed by atoms with E-state index in [1.54, 1.807) is 27.2 Å². The van der Waals surface area contributed by atoms with Crippen LogP contribution in [-0.4, -0.2) is 68.1 Å². The molecule has 180 valence electrons. The van der Waals surface area contributed by atoms with Crippen LogP contribution in [0.4, 0.5) is 30.4 Å². The molecule has 1 aliphatic rings. The van der Waals surface area contributed by atoms with Crippen molar-refractivity contribution in [2.45, 2.75) is 12.6 Å². The number of benzene rings is 1. The zero-order valence-corrected chi connectivity index (χ0v) is 18.9. The number of alkyl halides is 3. The lowest BCUT2D eigenvalue weighted by Crippen LogP contribution is -2.50. The molecule has 0 saturated carbocycles. The molecule has 1 aliphatic heterocycles. The smallest absolute Gasteiger partial charge is 0.419 e. The van der Waals surface area contributed by atoms with Crippen molar-refractivity contribution in [3.63, 3.8) is 0 Å². The predicted octanol–water partition coefficient (Wildman–Crippen LogP) is 2.76. The van der Waals surface area contributed by atoms with Crippen molar-refractivity contribution < 1.29 is 22.7 Å². The van der Waals surface area contributed by atoms with E-state index in [1.165, 1.54) is 17.0 Å². The maximum Gasteiger partial charge on any atom is 0.419 e. The molecule has 0 unspecified atom stereocenters. The van der Waals surface area contributed by atoms with Crippen molar-refractivity contribution in [1.82, 2.24) is 14.8 Å². The zero-order chi connectivity index (χ0) is 24.3. The molecule has 0 aliphatic carbocycles. The summed E-state index contributed by atoms with van der Waals surface area (Å²) in [6.07, 6.45) is -4.00. The van der Waals surface area contributed by atoms with Gasteiger partial charge in [-0.25, -0.2) is 4.98 Å². The number of nitrogens with one attached hydrogen (secondary N) is 1. The molecule has 3 rings (SSSR count). The first kappa shape index (κ1) is 24.4. The second-order valence-corrected chi connectivity index (χ2v) is 8.30.